The summed E-state index contributed by atoms with van der Waals surface area (Å²) in [6.07, 6.45) is 1.90. The molecule has 0 radical (unpaired) electrons. The molecule has 0 aliphatic carbocycles. The highest BCUT2D eigenvalue weighted by atomic mass is 16.5. The molecule has 0 aromatic heterocycles. The van der Waals surface area contributed by atoms with Crippen LogP contribution in [0.5, 0.6) is 0 Å². The lowest BCUT2D eigenvalue weighted by molar-refractivity contribution is -0.126. The van der Waals surface area contributed by atoms with E-state index in [1.54, 1.807) is 0 Å². The number of ether oxygens (including phenoxy) is 1. The fraction of sp³-hybridized carbons (Fsp3) is 0.588. The number of benzene rings is 1. The molecule has 1 aromatic carbocycles. The van der Waals surface area contributed by atoms with Crippen molar-refractivity contribution in [3.63, 3.8) is 0 Å². The zero-order valence-electron chi connectivity index (χ0n) is 13.1. The summed E-state index contributed by atoms with van der Waals surface area (Å²) in [6.45, 7) is 7.92. The summed E-state index contributed by atoms with van der Waals surface area (Å²) in [5, 5.41) is 3.00. The lowest BCUT2D eigenvalue weighted by Crippen LogP contribution is -2.47. The van der Waals surface area contributed by atoms with Gasteiger partial charge < -0.3 is 10.1 Å². The molecule has 1 unspecified atom stereocenters. The normalized spacial score (nSPS) is 16.3. The molecule has 1 aliphatic heterocycles. The molecule has 0 fully saturated rings. The van der Waals surface area contributed by atoms with Gasteiger partial charge in [-0.15, -0.1) is 0 Å². The Morgan fingerprint density at radius 2 is 2.14 bits per heavy atom. The molecular weight excluding hydrogens is 264 g/mol. The number of nitrogens with one attached hydrogen (secondary N) is 1. The Labute approximate surface area is 127 Å². The van der Waals surface area contributed by atoms with Gasteiger partial charge in [-0.05, 0) is 37.8 Å². The molecule has 0 saturated carbocycles. The van der Waals surface area contributed by atoms with Gasteiger partial charge in [0.2, 0.25) is 5.91 Å². The van der Waals surface area contributed by atoms with Gasteiger partial charge in [0, 0.05) is 32.8 Å². The Kier molecular flexibility index (Phi) is 6.21. The fourth-order valence-corrected chi connectivity index (χ4v) is 2.69. The van der Waals surface area contributed by atoms with Crippen LogP contribution in [0.15, 0.2) is 24.3 Å². The van der Waals surface area contributed by atoms with E-state index in [0.29, 0.717) is 13.2 Å². The second-order valence-corrected chi connectivity index (χ2v) is 5.51. The summed E-state index contributed by atoms with van der Waals surface area (Å²) in [4.78, 5) is 14.4. The van der Waals surface area contributed by atoms with Crippen LogP contribution in [0.25, 0.3) is 0 Å². The molecule has 0 saturated heterocycles. The van der Waals surface area contributed by atoms with Crippen LogP contribution in [0.3, 0.4) is 0 Å². The first kappa shape index (κ1) is 16.0. The summed E-state index contributed by atoms with van der Waals surface area (Å²) in [6, 6.07) is 8.42. The Balaban J connectivity index is 1.78. The standard InChI is InChI=1S/C17H26N2O2/c1-3-21-12-6-10-18-17(20)14(2)19-11-9-15-7-4-5-8-16(15)13-19/h4-5,7-8,14H,3,6,9-13H2,1-2H3,(H,18,20). The SMILES string of the molecule is CCOCCCNC(=O)C(C)N1CCc2ccccc2C1. The van der Waals surface area contributed by atoms with Crippen molar-refractivity contribution >= 4 is 5.91 Å². The highest BCUT2D eigenvalue weighted by molar-refractivity contribution is 5.81. The van der Waals surface area contributed by atoms with E-state index in [-0.39, 0.29) is 11.9 Å². The lowest BCUT2D eigenvalue weighted by atomic mass is 9.99. The van der Waals surface area contributed by atoms with E-state index in [0.717, 1.165) is 32.5 Å². The molecule has 0 spiro atoms. The van der Waals surface area contributed by atoms with E-state index in [1.807, 2.05) is 13.8 Å². The van der Waals surface area contributed by atoms with Gasteiger partial charge in [-0.2, -0.15) is 0 Å². The van der Waals surface area contributed by atoms with Crippen molar-refractivity contribution in [3.8, 4) is 0 Å². The molecule has 1 atom stereocenters. The zero-order chi connectivity index (χ0) is 15.1. The number of hydrogen-bond donors (Lipinski definition) is 1. The van der Waals surface area contributed by atoms with E-state index < -0.39 is 0 Å². The molecule has 1 amide bonds. The number of fused-ring (bicyclic) bond motifs is 1. The first-order valence-electron chi connectivity index (χ1n) is 7.88. The van der Waals surface area contributed by atoms with Gasteiger partial charge in [-0.3, -0.25) is 9.69 Å². The quantitative estimate of drug-likeness (QED) is 0.781. The second-order valence-electron chi connectivity index (χ2n) is 5.51. The Morgan fingerprint density at radius 1 is 1.38 bits per heavy atom. The molecule has 116 valence electrons. The van der Waals surface area contributed by atoms with Gasteiger partial charge in [0.05, 0.1) is 6.04 Å². The minimum atomic E-state index is -0.0783. The van der Waals surface area contributed by atoms with Crippen LogP contribution in [0, 0.1) is 0 Å². The first-order valence-corrected chi connectivity index (χ1v) is 7.88. The Hall–Kier alpha value is -1.39. The minimum Gasteiger partial charge on any atom is -0.382 e. The first-order chi connectivity index (χ1) is 10.2. The predicted molar refractivity (Wildman–Crippen MR) is 84.1 cm³/mol. The van der Waals surface area contributed by atoms with E-state index in [2.05, 4.69) is 34.5 Å². The Morgan fingerprint density at radius 3 is 2.90 bits per heavy atom. The monoisotopic (exact) mass is 290 g/mol. The molecular formula is C17H26N2O2. The average molecular weight is 290 g/mol. The third-order valence-electron chi connectivity index (χ3n) is 4.06. The van der Waals surface area contributed by atoms with Crippen molar-refractivity contribution < 1.29 is 9.53 Å². The summed E-state index contributed by atoms with van der Waals surface area (Å²) >= 11 is 0. The van der Waals surface area contributed by atoms with Crippen LogP contribution in [-0.4, -0.2) is 43.2 Å². The van der Waals surface area contributed by atoms with Crippen LogP contribution < -0.4 is 5.32 Å². The van der Waals surface area contributed by atoms with Crippen molar-refractivity contribution in [2.75, 3.05) is 26.3 Å². The number of amides is 1. The third kappa shape index (κ3) is 4.55. The summed E-state index contributed by atoms with van der Waals surface area (Å²) in [7, 11) is 0. The van der Waals surface area contributed by atoms with Crippen molar-refractivity contribution in [3.05, 3.63) is 35.4 Å². The molecule has 1 N–H and O–H groups in total. The van der Waals surface area contributed by atoms with Crippen LogP contribution in [0.1, 0.15) is 31.4 Å². The van der Waals surface area contributed by atoms with Gasteiger partial charge in [0.15, 0.2) is 0 Å². The Bertz CT molecular complexity index is 462. The van der Waals surface area contributed by atoms with Gasteiger partial charge in [-0.25, -0.2) is 0 Å². The summed E-state index contributed by atoms with van der Waals surface area (Å²) < 4.78 is 5.27. The van der Waals surface area contributed by atoms with E-state index in [9.17, 15) is 4.79 Å². The molecule has 2 rings (SSSR count). The summed E-state index contributed by atoms with van der Waals surface area (Å²) in [5.41, 5.74) is 2.76. The number of carbonyl (C=O) groups is 1. The molecule has 4 heteroatoms. The smallest absolute Gasteiger partial charge is 0.237 e. The molecule has 0 bridgehead atoms. The van der Waals surface area contributed by atoms with Crippen molar-refractivity contribution in [2.24, 2.45) is 0 Å². The molecule has 4 nitrogen and oxygen atoms in total. The lowest BCUT2D eigenvalue weighted by Gasteiger charge is -2.32. The zero-order valence-corrected chi connectivity index (χ0v) is 13.1. The number of rotatable bonds is 7. The maximum Gasteiger partial charge on any atom is 0.237 e. The molecule has 1 aliphatic rings. The number of hydrogen-bond acceptors (Lipinski definition) is 3. The van der Waals surface area contributed by atoms with E-state index >= 15 is 0 Å². The van der Waals surface area contributed by atoms with Crippen LogP contribution >= 0.6 is 0 Å². The predicted octanol–water partition coefficient (Wildman–Crippen LogP) is 1.98. The van der Waals surface area contributed by atoms with Crippen molar-refractivity contribution in [1.29, 1.82) is 0 Å². The highest BCUT2D eigenvalue weighted by Crippen LogP contribution is 2.20. The fourth-order valence-electron chi connectivity index (χ4n) is 2.69. The number of carbonyl (C=O) groups excluding carboxylic acids is 1. The van der Waals surface area contributed by atoms with Crippen LogP contribution in [0.4, 0.5) is 0 Å². The van der Waals surface area contributed by atoms with Gasteiger partial charge in [-0.1, -0.05) is 24.3 Å². The highest BCUT2D eigenvalue weighted by Gasteiger charge is 2.24. The maximum atomic E-state index is 12.2. The second kappa shape index (κ2) is 8.15. The maximum absolute atomic E-state index is 12.2. The largest absolute Gasteiger partial charge is 0.382 e. The third-order valence-corrected chi connectivity index (χ3v) is 4.06. The van der Waals surface area contributed by atoms with Crippen LogP contribution in [0.2, 0.25) is 0 Å². The molecule has 21 heavy (non-hydrogen) atoms. The summed E-state index contributed by atoms with van der Waals surface area (Å²) in [5.74, 6) is 0.117. The van der Waals surface area contributed by atoms with Crippen molar-refractivity contribution in [2.45, 2.75) is 39.3 Å². The topological polar surface area (TPSA) is 41.6 Å². The van der Waals surface area contributed by atoms with Gasteiger partial charge in [0.1, 0.15) is 0 Å². The minimum absolute atomic E-state index is 0.0783. The van der Waals surface area contributed by atoms with Crippen LogP contribution in [-0.2, 0) is 22.5 Å². The number of nitrogens with zero attached hydrogens (tertiary/aromatic N) is 1. The van der Waals surface area contributed by atoms with E-state index in [1.165, 1.54) is 11.1 Å². The van der Waals surface area contributed by atoms with Gasteiger partial charge in [0.25, 0.3) is 0 Å². The van der Waals surface area contributed by atoms with Gasteiger partial charge >= 0.3 is 0 Å². The van der Waals surface area contributed by atoms with E-state index in [4.69, 9.17) is 4.74 Å². The molecule has 1 heterocycles. The average Bonchev–Trinajstić information content (AvgIpc) is 2.53. The van der Waals surface area contributed by atoms with Crippen molar-refractivity contribution in [1.82, 2.24) is 10.2 Å². The molecule has 1 aromatic rings.